The van der Waals surface area contributed by atoms with Crippen LogP contribution < -0.4 is 0 Å². The Morgan fingerprint density at radius 1 is 1.05 bits per heavy atom. The molecule has 108 valence electrons. The Morgan fingerprint density at radius 3 is 2.11 bits per heavy atom. The van der Waals surface area contributed by atoms with E-state index in [1.54, 1.807) is 0 Å². The third kappa shape index (κ3) is 2.51. The summed E-state index contributed by atoms with van der Waals surface area (Å²) in [6, 6.07) is 0. The minimum Gasteiger partial charge on any atom is -0.315 e. The number of carbonyl (C=O) groups excluding carboxylic acids is 1. The summed E-state index contributed by atoms with van der Waals surface area (Å²) in [4.78, 5) is 14.8. The molecule has 0 aromatic carbocycles. The first kappa shape index (κ1) is 13.3. The summed E-state index contributed by atoms with van der Waals surface area (Å²) in [6.45, 7) is 6.06. The van der Waals surface area contributed by atoms with Gasteiger partial charge in [-0.05, 0) is 63.5 Å². The first-order valence-electron chi connectivity index (χ1n) is 7.81. The summed E-state index contributed by atoms with van der Waals surface area (Å²) in [5.41, 5.74) is 0.422. The van der Waals surface area contributed by atoms with E-state index in [9.17, 15) is 9.18 Å². The topological polar surface area (TPSA) is 23.6 Å². The predicted molar refractivity (Wildman–Crippen MR) is 72.7 cm³/mol. The average Bonchev–Trinajstić information content (AvgIpc) is 3.21. The van der Waals surface area contributed by atoms with Gasteiger partial charge in [-0.25, -0.2) is 4.79 Å². The van der Waals surface area contributed by atoms with Crippen LogP contribution in [-0.4, -0.2) is 47.7 Å². The van der Waals surface area contributed by atoms with Crippen LogP contribution in [0.1, 0.15) is 45.4 Å². The lowest BCUT2D eigenvalue weighted by molar-refractivity contribution is 0.0505. The van der Waals surface area contributed by atoms with Crippen LogP contribution in [0.3, 0.4) is 0 Å². The monoisotopic (exact) mass is 268 g/mol. The van der Waals surface area contributed by atoms with E-state index in [4.69, 9.17) is 0 Å². The van der Waals surface area contributed by atoms with Gasteiger partial charge in [0.2, 0.25) is 0 Å². The van der Waals surface area contributed by atoms with E-state index >= 15 is 0 Å². The molecule has 0 atom stereocenters. The first-order chi connectivity index (χ1) is 9.12. The number of nitrogens with zero attached hydrogens (tertiary/aromatic N) is 2. The van der Waals surface area contributed by atoms with Gasteiger partial charge >= 0.3 is 6.16 Å². The van der Waals surface area contributed by atoms with Crippen LogP contribution in [0.4, 0.5) is 9.18 Å². The summed E-state index contributed by atoms with van der Waals surface area (Å²) < 4.78 is 12.7. The van der Waals surface area contributed by atoms with E-state index in [1.807, 2.05) is 0 Å². The van der Waals surface area contributed by atoms with Crippen molar-refractivity contribution in [3.63, 3.8) is 0 Å². The lowest BCUT2D eigenvalue weighted by Crippen LogP contribution is -2.50. The molecule has 4 heteroatoms. The SMILES string of the molecule is CC1CCN(C2(C3CCN(C(=O)F)CC3)CC2)CC1. The molecule has 1 aliphatic carbocycles. The molecular weight excluding hydrogens is 243 g/mol. The molecule has 3 rings (SSSR count). The molecule has 3 nitrogen and oxygen atoms in total. The van der Waals surface area contributed by atoms with E-state index in [-0.39, 0.29) is 0 Å². The highest BCUT2D eigenvalue weighted by molar-refractivity contribution is 5.66. The molecule has 0 aromatic heterocycles. The molecule has 0 bridgehead atoms. The predicted octanol–water partition coefficient (Wildman–Crippen LogP) is 3.05. The van der Waals surface area contributed by atoms with Crippen LogP contribution >= 0.6 is 0 Å². The van der Waals surface area contributed by atoms with Crippen LogP contribution in [0.25, 0.3) is 0 Å². The number of likely N-dealkylation sites (tertiary alicyclic amines) is 2. The molecule has 3 aliphatic rings. The number of halogens is 1. The zero-order valence-electron chi connectivity index (χ0n) is 11.9. The van der Waals surface area contributed by atoms with E-state index in [2.05, 4.69) is 11.8 Å². The van der Waals surface area contributed by atoms with Gasteiger partial charge < -0.3 is 4.90 Å². The fraction of sp³-hybridized carbons (Fsp3) is 0.933. The fourth-order valence-electron chi connectivity index (χ4n) is 4.16. The fourth-order valence-corrected chi connectivity index (χ4v) is 4.16. The first-order valence-corrected chi connectivity index (χ1v) is 7.81. The molecule has 2 aliphatic heterocycles. The maximum absolute atomic E-state index is 12.7. The van der Waals surface area contributed by atoms with Gasteiger partial charge in [-0.3, -0.25) is 4.90 Å². The standard InChI is InChI=1S/C15H25FN2O/c1-12-2-10-18(11-3-12)15(6-7-15)13-4-8-17(9-5-13)14(16)19/h12-13H,2-11H2,1H3. The molecule has 0 N–H and O–H groups in total. The maximum Gasteiger partial charge on any atom is 0.400 e. The molecule has 0 aromatic rings. The average molecular weight is 268 g/mol. The molecule has 2 saturated heterocycles. The molecule has 1 amide bonds. The van der Waals surface area contributed by atoms with Crippen molar-refractivity contribution >= 4 is 6.16 Å². The molecule has 0 radical (unpaired) electrons. The quantitative estimate of drug-likeness (QED) is 0.567. The summed E-state index contributed by atoms with van der Waals surface area (Å²) in [5.74, 6) is 1.55. The van der Waals surface area contributed by atoms with Gasteiger partial charge in [-0.2, -0.15) is 0 Å². The third-order valence-electron chi connectivity index (χ3n) is 5.68. The van der Waals surface area contributed by atoms with Crippen molar-refractivity contribution in [3.05, 3.63) is 0 Å². The largest absolute Gasteiger partial charge is 0.400 e. The number of amides is 1. The molecule has 0 spiro atoms. The summed E-state index contributed by atoms with van der Waals surface area (Å²) >= 11 is 0. The minimum absolute atomic E-state index is 0.422. The van der Waals surface area contributed by atoms with Crippen molar-refractivity contribution in [2.45, 2.75) is 51.0 Å². The van der Waals surface area contributed by atoms with Crippen LogP contribution in [0, 0.1) is 11.8 Å². The number of rotatable bonds is 2. The second-order valence-electron chi connectivity index (χ2n) is 6.79. The molecule has 0 unspecified atom stereocenters. The number of hydrogen-bond acceptors (Lipinski definition) is 2. The van der Waals surface area contributed by atoms with Crippen LogP contribution in [0.5, 0.6) is 0 Å². The van der Waals surface area contributed by atoms with Gasteiger partial charge in [0.15, 0.2) is 0 Å². The zero-order valence-corrected chi connectivity index (χ0v) is 11.9. The Balaban J connectivity index is 1.58. The minimum atomic E-state index is -1.24. The van der Waals surface area contributed by atoms with Crippen molar-refractivity contribution in [2.75, 3.05) is 26.2 Å². The summed E-state index contributed by atoms with van der Waals surface area (Å²) in [6.07, 6.45) is 6.01. The van der Waals surface area contributed by atoms with Crippen LogP contribution in [-0.2, 0) is 0 Å². The number of carbonyl (C=O) groups is 1. The summed E-state index contributed by atoms with van der Waals surface area (Å²) in [5, 5.41) is 0. The van der Waals surface area contributed by atoms with Crippen molar-refractivity contribution in [1.82, 2.24) is 9.80 Å². The van der Waals surface area contributed by atoms with Crippen molar-refractivity contribution in [2.24, 2.45) is 11.8 Å². The highest BCUT2D eigenvalue weighted by Crippen LogP contribution is 2.52. The van der Waals surface area contributed by atoms with Crippen molar-refractivity contribution in [3.8, 4) is 0 Å². The Labute approximate surface area is 115 Å². The highest BCUT2D eigenvalue weighted by atomic mass is 19.1. The van der Waals surface area contributed by atoms with Gasteiger partial charge in [0.1, 0.15) is 0 Å². The van der Waals surface area contributed by atoms with E-state index in [1.165, 1.54) is 43.7 Å². The van der Waals surface area contributed by atoms with Gasteiger partial charge in [-0.15, -0.1) is 4.39 Å². The van der Waals surface area contributed by atoms with Crippen molar-refractivity contribution in [1.29, 1.82) is 0 Å². The van der Waals surface area contributed by atoms with Crippen LogP contribution in [0.2, 0.25) is 0 Å². The normalized spacial score (nSPS) is 29.5. The zero-order chi connectivity index (χ0) is 13.5. The van der Waals surface area contributed by atoms with Gasteiger partial charge in [0.25, 0.3) is 0 Å². The van der Waals surface area contributed by atoms with E-state index < -0.39 is 6.16 Å². The Hall–Kier alpha value is -0.640. The molecule has 19 heavy (non-hydrogen) atoms. The molecular formula is C15H25FN2O. The molecule has 1 saturated carbocycles. The van der Waals surface area contributed by atoms with Crippen molar-refractivity contribution < 1.29 is 9.18 Å². The maximum atomic E-state index is 12.7. The Kier molecular flexibility index (Phi) is 3.54. The lowest BCUT2D eigenvalue weighted by Gasteiger charge is -2.44. The Bertz CT molecular complexity index is 340. The molecule has 3 fully saturated rings. The third-order valence-corrected chi connectivity index (χ3v) is 5.68. The van der Waals surface area contributed by atoms with Gasteiger partial charge in [-0.1, -0.05) is 6.92 Å². The van der Waals surface area contributed by atoms with E-state index in [0.29, 0.717) is 24.5 Å². The van der Waals surface area contributed by atoms with Gasteiger partial charge in [0.05, 0.1) is 0 Å². The smallest absolute Gasteiger partial charge is 0.315 e. The van der Waals surface area contributed by atoms with Gasteiger partial charge in [0, 0.05) is 18.6 Å². The number of hydrogen-bond donors (Lipinski definition) is 0. The Morgan fingerprint density at radius 2 is 1.63 bits per heavy atom. The summed E-state index contributed by atoms with van der Waals surface area (Å²) in [7, 11) is 0. The number of piperidine rings is 2. The van der Waals surface area contributed by atoms with E-state index in [0.717, 1.165) is 18.8 Å². The molecule has 2 heterocycles. The second kappa shape index (κ2) is 5.04. The lowest BCUT2D eigenvalue weighted by atomic mass is 9.84. The second-order valence-corrected chi connectivity index (χ2v) is 6.79. The highest BCUT2D eigenvalue weighted by Gasteiger charge is 2.54. The van der Waals surface area contributed by atoms with Crippen LogP contribution in [0.15, 0.2) is 0 Å².